The molecule has 0 amide bonds. The Morgan fingerprint density at radius 1 is 1.48 bits per heavy atom. The molecule has 1 N–H and O–H groups in total. The van der Waals surface area contributed by atoms with Crippen LogP contribution in [0.25, 0.3) is 0 Å². The predicted octanol–water partition coefficient (Wildman–Crippen LogP) is 3.31. The monoisotopic (exact) mass is 311 g/mol. The van der Waals surface area contributed by atoms with Crippen LogP contribution in [0.1, 0.15) is 30.6 Å². The van der Waals surface area contributed by atoms with Crippen molar-refractivity contribution in [1.29, 1.82) is 0 Å². The number of ether oxygens (including phenoxy) is 1. The van der Waals surface area contributed by atoms with Gasteiger partial charge in [-0.05, 0) is 30.7 Å². The molecule has 1 aromatic carbocycles. The van der Waals surface area contributed by atoms with Crippen LogP contribution in [0.5, 0.6) is 5.75 Å². The zero-order chi connectivity index (χ0) is 15.4. The molecule has 2 aromatic rings. The van der Waals surface area contributed by atoms with Crippen molar-refractivity contribution in [3.05, 3.63) is 46.5 Å². The van der Waals surface area contributed by atoms with E-state index in [9.17, 15) is 4.39 Å². The predicted molar refractivity (Wildman–Crippen MR) is 81.3 cm³/mol. The lowest BCUT2D eigenvalue weighted by Crippen LogP contribution is -2.25. The van der Waals surface area contributed by atoms with E-state index in [2.05, 4.69) is 17.3 Å². The Kier molecular flexibility index (Phi) is 5.20. The number of rotatable bonds is 6. The Morgan fingerprint density at radius 3 is 2.86 bits per heavy atom. The first kappa shape index (κ1) is 15.8. The molecule has 21 heavy (non-hydrogen) atoms. The van der Waals surface area contributed by atoms with Gasteiger partial charge in [0.2, 0.25) is 0 Å². The van der Waals surface area contributed by atoms with Crippen molar-refractivity contribution in [3.8, 4) is 5.75 Å². The summed E-state index contributed by atoms with van der Waals surface area (Å²) in [4.78, 5) is 0. The molecule has 1 aromatic heterocycles. The Bertz CT molecular complexity index is 615. The number of nitrogens with one attached hydrogen (secondary N) is 1. The molecule has 1 atom stereocenters. The molecule has 114 valence electrons. The van der Waals surface area contributed by atoms with Gasteiger partial charge in [0.25, 0.3) is 0 Å². The van der Waals surface area contributed by atoms with Gasteiger partial charge in [-0.1, -0.05) is 24.6 Å². The van der Waals surface area contributed by atoms with Crippen LogP contribution in [-0.2, 0) is 7.05 Å². The second kappa shape index (κ2) is 6.91. The number of halogens is 2. The molecule has 0 radical (unpaired) electrons. The fourth-order valence-corrected chi connectivity index (χ4v) is 2.38. The highest BCUT2D eigenvalue weighted by Crippen LogP contribution is 2.31. The first-order valence-corrected chi connectivity index (χ1v) is 7.20. The van der Waals surface area contributed by atoms with Crippen LogP contribution >= 0.6 is 11.6 Å². The molecule has 0 fully saturated rings. The quantitative estimate of drug-likeness (QED) is 0.889. The van der Waals surface area contributed by atoms with Crippen molar-refractivity contribution in [2.75, 3.05) is 13.7 Å². The van der Waals surface area contributed by atoms with Crippen LogP contribution in [0.3, 0.4) is 0 Å². The number of benzene rings is 1. The third kappa shape index (κ3) is 3.36. The average Bonchev–Trinajstić information content (AvgIpc) is 2.84. The fraction of sp³-hybridized carbons (Fsp3) is 0.400. The summed E-state index contributed by atoms with van der Waals surface area (Å²) in [6.45, 7) is 2.87. The maximum Gasteiger partial charge on any atom is 0.161 e. The molecule has 0 spiro atoms. The van der Waals surface area contributed by atoms with Crippen LogP contribution < -0.4 is 10.1 Å². The van der Waals surface area contributed by atoms with E-state index in [0.29, 0.717) is 5.75 Å². The number of hydrogen-bond donors (Lipinski definition) is 1. The maximum atomic E-state index is 13.8. The third-order valence-electron chi connectivity index (χ3n) is 3.32. The highest BCUT2D eigenvalue weighted by atomic mass is 35.5. The van der Waals surface area contributed by atoms with Crippen molar-refractivity contribution in [2.24, 2.45) is 7.05 Å². The lowest BCUT2D eigenvalue weighted by molar-refractivity contribution is 0.400. The van der Waals surface area contributed by atoms with Crippen molar-refractivity contribution < 1.29 is 9.13 Å². The summed E-state index contributed by atoms with van der Waals surface area (Å²) in [5.41, 5.74) is 1.64. The summed E-state index contributed by atoms with van der Waals surface area (Å²) in [5, 5.41) is 7.73. The van der Waals surface area contributed by atoms with Crippen molar-refractivity contribution in [1.82, 2.24) is 15.1 Å². The molecule has 0 bridgehead atoms. The maximum absolute atomic E-state index is 13.8. The standard InChI is InChI=1S/C15H19ClFN3O/c1-4-7-18-14(10-5-6-11(16)12(17)8-10)15-13(21-3)9-19-20(15)2/h5-6,8-9,14,18H,4,7H2,1-3H3. The van der Waals surface area contributed by atoms with E-state index in [1.807, 2.05) is 13.1 Å². The zero-order valence-electron chi connectivity index (χ0n) is 12.4. The molecule has 0 aliphatic heterocycles. The van der Waals surface area contributed by atoms with Crippen molar-refractivity contribution >= 4 is 11.6 Å². The molecular weight excluding hydrogens is 293 g/mol. The molecule has 0 saturated carbocycles. The molecule has 6 heteroatoms. The summed E-state index contributed by atoms with van der Waals surface area (Å²) in [5.74, 6) is 0.236. The van der Waals surface area contributed by atoms with E-state index in [1.54, 1.807) is 24.1 Å². The number of aromatic nitrogens is 2. The normalized spacial score (nSPS) is 12.4. The third-order valence-corrected chi connectivity index (χ3v) is 3.62. The van der Waals surface area contributed by atoms with Crippen LogP contribution in [-0.4, -0.2) is 23.4 Å². The molecule has 0 aliphatic carbocycles. The molecule has 1 unspecified atom stereocenters. The summed E-state index contributed by atoms with van der Waals surface area (Å²) < 4.78 is 20.9. The van der Waals surface area contributed by atoms with Gasteiger partial charge in [-0.25, -0.2) is 4.39 Å². The number of methoxy groups -OCH3 is 1. The van der Waals surface area contributed by atoms with Crippen LogP contribution in [0.2, 0.25) is 5.02 Å². The van der Waals surface area contributed by atoms with Gasteiger partial charge in [0, 0.05) is 7.05 Å². The van der Waals surface area contributed by atoms with Gasteiger partial charge in [0.05, 0.1) is 24.4 Å². The zero-order valence-corrected chi connectivity index (χ0v) is 13.1. The van der Waals surface area contributed by atoms with Gasteiger partial charge in [0.15, 0.2) is 5.75 Å². The minimum atomic E-state index is -0.432. The highest BCUT2D eigenvalue weighted by Gasteiger charge is 2.22. The average molecular weight is 312 g/mol. The first-order valence-electron chi connectivity index (χ1n) is 6.82. The Balaban J connectivity index is 2.46. The summed E-state index contributed by atoms with van der Waals surface area (Å²) in [6.07, 6.45) is 2.62. The van der Waals surface area contributed by atoms with Crippen molar-refractivity contribution in [2.45, 2.75) is 19.4 Å². The van der Waals surface area contributed by atoms with Gasteiger partial charge in [-0.15, -0.1) is 0 Å². The molecule has 0 saturated heterocycles. The second-order valence-electron chi connectivity index (χ2n) is 4.78. The Hall–Kier alpha value is -1.59. The topological polar surface area (TPSA) is 39.1 Å². The number of nitrogens with zero attached hydrogens (tertiary/aromatic N) is 2. The minimum absolute atomic E-state index is 0.116. The molecule has 0 aliphatic rings. The lowest BCUT2D eigenvalue weighted by atomic mass is 10.0. The van der Waals surface area contributed by atoms with E-state index in [-0.39, 0.29) is 11.1 Å². The Labute approximate surface area is 128 Å². The van der Waals surface area contributed by atoms with Crippen molar-refractivity contribution in [3.63, 3.8) is 0 Å². The molecule has 4 nitrogen and oxygen atoms in total. The van der Waals surface area contributed by atoms with E-state index in [0.717, 1.165) is 24.2 Å². The van der Waals surface area contributed by atoms with Gasteiger partial charge in [-0.3, -0.25) is 4.68 Å². The molecule has 1 heterocycles. The van der Waals surface area contributed by atoms with Crippen LogP contribution in [0, 0.1) is 5.82 Å². The summed E-state index contributed by atoms with van der Waals surface area (Å²) in [7, 11) is 3.44. The minimum Gasteiger partial charge on any atom is -0.493 e. The van der Waals surface area contributed by atoms with Gasteiger partial charge in [0.1, 0.15) is 11.5 Å². The molecular formula is C15H19ClFN3O. The summed E-state index contributed by atoms with van der Waals surface area (Å²) in [6, 6.07) is 4.61. The first-order chi connectivity index (χ1) is 10.1. The van der Waals surface area contributed by atoms with Gasteiger partial charge < -0.3 is 10.1 Å². The van der Waals surface area contributed by atoms with Gasteiger partial charge in [-0.2, -0.15) is 5.10 Å². The number of hydrogen-bond acceptors (Lipinski definition) is 3. The molecule has 2 rings (SSSR count). The smallest absolute Gasteiger partial charge is 0.161 e. The second-order valence-corrected chi connectivity index (χ2v) is 5.19. The van der Waals surface area contributed by atoms with E-state index < -0.39 is 5.82 Å². The van der Waals surface area contributed by atoms with Crippen LogP contribution in [0.15, 0.2) is 24.4 Å². The van der Waals surface area contributed by atoms with E-state index in [4.69, 9.17) is 16.3 Å². The summed E-state index contributed by atoms with van der Waals surface area (Å²) >= 11 is 5.77. The van der Waals surface area contributed by atoms with Gasteiger partial charge >= 0.3 is 0 Å². The lowest BCUT2D eigenvalue weighted by Gasteiger charge is -2.21. The van der Waals surface area contributed by atoms with E-state index in [1.165, 1.54) is 6.07 Å². The SMILES string of the molecule is CCCNC(c1ccc(Cl)c(F)c1)c1c(OC)cnn1C. The Morgan fingerprint density at radius 2 is 2.24 bits per heavy atom. The van der Waals surface area contributed by atoms with Crippen LogP contribution in [0.4, 0.5) is 4.39 Å². The van der Waals surface area contributed by atoms with E-state index >= 15 is 0 Å². The number of aryl methyl sites for hydroxylation is 1. The fourth-order valence-electron chi connectivity index (χ4n) is 2.27. The highest BCUT2D eigenvalue weighted by molar-refractivity contribution is 6.30. The largest absolute Gasteiger partial charge is 0.493 e.